The Kier molecular flexibility index (Phi) is 10.9. The first-order valence-corrected chi connectivity index (χ1v) is 13.5. The highest BCUT2D eigenvalue weighted by atomic mass is 16.2. The number of likely N-dealkylation sites (tertiary alicyclic amines) is 2. The summed E-state index contributed by atoms with van der Waals surface area (Å²) in [7, 11) is 0. The smallest absolute Gasteiger partial charge is 0.330 e. The van der Waals surface area contributed by atoms with E-state index in [9.17, 15) is 14.4 Å². The molecule has 1 N–H and O–H groups in total. The van der Waals surface area contributed by atoms with Gasteiger partial charge in [0.2, 0.25) is 11.8 Å². The van der Waals surface area contributed by atoms with E-state index in [1.165, 1.54) is 62.3 Å². The van der Waals surface area contributed by atoms with Gasteiger partial charge in [-0.2, -0.15) is 0 Å². The van der Waals surface area contributed by atoms with E-state index in [-0.39, 0.29) is 17.8 Å². The van der Waals surface area contributed by atoms with Crippen LogP contribution in [0, 0.1) is 0 Å². The Hall–Kier alpha value is -2.38. The molecular formula is C26H43N5O3. The van der Waals surface area contributed by atoms with Crippen molar-refractivity contribution in [3.63, 3.8) is 0 Å². The van der Waals surface area contributed by atoms with Gasteiger partial charge in [0.05, 0.1) is 0 Å². The number of hydrogen-bond acceptors (Lipinski definition) is 4. The summed E-state index contributed by atoms with van der Waals surface area (Å²) in [4.78, 5) is 46.2. The maximum atomic E-state index is 13.3. The summed E-state index contributed by atoms with van der Waals surface area (Å²) < 4.78 is 1.41. The van der Waals surface area contributed by atoms with Crippen molar-refractivity contribution in [2.45, 2.75) is 109 Å². The standard InChI is InChI=1S/C26H43N5O3/c1-2-3-4-5-6-7-8-9-10-11-16-28-24(32)22-14-12-18-30(22)25(33)23-15-13-19-31(23)26(34)29-20-17-27-21-29/h17,20-23H,2-16,18-19H2,1H3,(H,28,32). The maximum absolute atomic E-state index is 13.3. The molecule has 0 bridgehead atoms. The molecule has 2 atom stereocenters. The van der Waals surface area contributed by atoms with E-state index in [1.807, 2.05) is 0 Å². The fourth-order valence-corrected chi connectivity index (χ4v) is 5.21. The number of nitrogens with zero attached hydrogens (tertiary/aromatic N) is 4. The van der Waals surface area contributed by atoms with Crippen molar-refractivity contribution in [3.8, 4) is 0 Å². The maximum Gasteiger partial charge on any atom is 0.330 e. The molecule has 0 aliphatic carbocycles. The van der Waals surface area contributed by atoms with Gasteiger partial charge in [0.25, 0.3) is 0 Å². The first kappa shape index (κ1) is 26.2. The molecule has 0 radical (unpaired) electrons. The minimum atomic E-state index is -0.495. The van der Waals surface area contributed by atoms with E-state index in [4.69, 9.17) is 0 Å². The normalized spacial score (nSPS) is 20.1. The molecule has 2 unspecified atom stereocenters. The van der Waals surface area contributed by atoms with Gasteiger partial charge in [-0.3, -0.25) is 14.2 Å². The monoisotopic (exact) mass is 473 g/mol. The Morgan fingerprint density at radius 1 is 0.853 bits per heavy atom. The minimum Gasteiger partial charge on any atom is -0.354 e. The van der Waals surface area contributed by atoms with Crippen LogP contribution in [-0.4, -0.2) is 68.9 Å². The number of carbonyl (C=O) groups is 3. The third kappa shape index (κ3) is 7.31. The molecule has 3 amide bonds. The average Bonchev–Trinajstić information content (AvgIpc) is 3.63. The lowest BCUT2D eigenvalue weighted by molar-refractivity contribution is -0.141. The Bertz CT molecular complexity index is 766. The van der Waals surface area contributed by atoms with Crippen molar-refractivity contribution < 1.29 is 14.4 Å². The molecule has 34 heavy (non-hydrogen) atoms. The molecule has 2 saturated heterocycles. The summed E-state index contributed by atoms with van der Waals surface area (Å²) in [6.07, 6.45) is 20.2. The Morgan fingerprint density at radius 2 is 1.47 bits per heavy atom. The molecule has 8 heteroatoms. The quantitative estimate of drug-likeness (QED) is 0.432. The number of aromatic nitrogens is 2. The van der Waals surface area contributed by atoms with E-state index >= 15 is 0 Å². The van der Waals surface area contributed by atoms with Crippen molar-refractivity contribution in [1.82, 2.24) is 24.7 Å². The van der Waals surface area contributed by atoms with Crippen LogP contribution in [0.4, 0.5) is 4.79 Å². The Balaban J connectivity index is 1.36. The summed E-state index contributed by atoms with van der Waals surface area (Å²) in [5.41, 5.74) is 0. The summed E-state index contributed by atoms with van der Waals surface area (Å²) in [6, 6.07) is -1.14. The highest BCUT2D eigenvalue weighted by Crippen LogP contribution is 2.25. The molecule has 3 heterocycles. The number of rotatable bonds is 13. The number of carbonyl (C=O) groups excluding carboxylic acids is 3. The van der Waals surface area contributed by atoms with Gasteiger partial charge in [-0.1, -0.05) is 64.7 Å². The van der Waals surface area contributed by atoms with Crippen LogP contribution in [0.15, 0.2) is 18.7 Å². The predicted octanol–water partition coefficient (Wildman–Crippen LogP) is 4.34. The summed E-state index contributed by atoms with van der Waals surface area (Å²) in [6.45, 7) is 4.05. The van der Waals surface area contributed by atoms with Crippen LogP contribution in [-0.2, 0) is 9.59 Å². The van der Waals surface area contributed by atoms with E-state index in [0.29, 0.717) is 32.5 Å². The van der Waals surface area contributed by atoms with Gasteiger partial charge < -0.3 is 15.1 Å². The van der Waals surface area contributed by atoms with Crippen LogP contribution in [0.2, 0.25) is 0 Å². The largest absolute Gasteiger partial charge is 0.354 e. The summed E-state index contributed by atoms with van der Waals surface area (Å²) >= 11 is 0. The van der Waals surface area contributed by atoms with Crippen LogP contribution >= 0.6 is 0 Å². The lowest BCUT2D eigenvalue weighted by Gasteiger charge is -2.30. The van der Waals surface area contributed by atoms with E-state index in [2.05, 4.69) is 17.2 Å². The van der Waals surface area contributed by atoms with Gasteiger partial charge in [0.15, 0.2) is 0 Å². The summed E-state index contributed by atoms with van der Waals surface area (Å²) in [5, 5.41) is 3.06. The van der Waals surface area contributed by atoms with E-state index < -0.39 is 12.1 Å². The molecular weight excluding hydrogens is 430 g/mol. The van der Waals surface area contributed by atoms with Gasteiger partial charge in [0.1, 0.15) is 18.4 Å². The van der Waals surface area contributed by atoms with Gasteiger partial charge in [-0.25, -0.2) is 9.78 Å². The molecule has 3 rings (SSSR count). The molecule has 2 fully saturated rings. The molecule has 0 saturated carbocycles. The number of nitrogens with one attached hydrogen (secondary N) is 1. The van der Waals surface area contributed by atoms with Crippen LogP contribution in [0.5, 0.6) is 0 Å². The molecule has 0 aromatic carbocycles. The zero-order valence-electron chi connectivity index (χ0n) is 20.9. The van der Waals surface area contributed by atoms with E-state index in [0.717, 1.165) is 25.7 Å². The lowest BCUT2D eigenvalue weighted by atomic mass is 10.1. The van der Waals surface area contributed by atoms with Crippen molar-refractivity contribution >= 4 is 17.8 Å². The fourth-order valence-electron chi connectivity index (χ4n) is 5.21. The minimum absolute atomic E-state index is 0.0488. The topological polar surface area (TPSA) is 87.5 Å². The molecule has 190 valence electrons. The lowest BCUT2D eigenvalue weighted by Crippen LogP contribution is -2.53. The molecule has 2 aliphatic rings. The van der Waals surface area contributed by atoms with Gasteiger partial charge in [0, 0.05) is 32.0 Å². The molecule has 8 nitrogen and oxygen atoms in total. The van der Waals surface area contributed by atoms with E-state index in [1.54, 1.807) is 22.2 Å². The van der Waals surface area contributed by atoms with Crippen LogP contribution in [0.1, 0.15) is 96.8 Å². The molecule has 1 aromatic rings. The number of unbranched alkanes of at least 4 members (excludes halogenated alkanes) is 9. The Labute approximate surface area is 204 Å². The second kappa shape index (κ2) is 14.1. The first-order valence-electron chi connectivity index (χ1n) is 13.5. The van der Waals surface area contributed by atoms with Crippen LogP contribution in [0.3, 0.4) is 0 Å². The number of hydrogen-bond donors (Lipinski definition) is 1. The number of amides is 3. The average molecular weight is 474 g/mol. The first-order chi connectivity index (χ1) is 16.6. The van der Waals surface area contributed by atoms with Crippen molar-refractivity contribution in [1.29, 1.82) is 0 Å². The fraction of sp³-hybridized carbons (Fsp3) is 0.769. The van der Waals surface area contributed by atoms with Gasteiger partial charge in [-0.15, -0.1) is 0 Å². The van der Waals surface area contributed by atoms with Crippen LogP contribution in [0.25, 0.3) is 0 Å². The third-order valence-electron chi connectivity index (χ3n) is 7.18. The molecule has 1 aromatic heterocycles. The van der Waals surface area contributed by atoms with Crippen molar-refractivity contribution in [2.75, 3.05) is 19.6 Å². The second-order valence-electron chi connectivity index (χ2n) is 9.77. The highest BCUT2D eigenvalue weighted by molar-refractivity contribution is 5.93. The summed E-state index contributed by atoms with van der Waals surface area (Å²) in [5.74, 6) is -0.144. The zero-order chi connectivity index (χ0) is 24.2. The van der Waals surface area contributed by atoms with Crippen LogP contribution < -0.4 is 5.32 Å². The van der Waals surface area contributed by atoms with Crippen molar-refractivity contribution in [3.05, 3.63) is 18.7 Å². The zero-order valence-corrected chi connectivity index (χ0v) is 20.9. The van der Waals surface area contributed by atoms with Gasteiger partial charge in [-0.05, 0) is 32.1 Å². The predicted molar refractivity (Wildman–Crippen MR) is 132 cm³/mol. The number of imidazole rings is 1. The second-order valence-corrected chi connectivity index (χ2v) is 9.77. The molecule has 2 aliphatic heterocycles. The van der Waals surface area contributed by atoms with Crippen molar-refractivity contribution in [2.24, 2.45) is 0 Å². The Morgan fingerprint density at radius 3 is 2.12 bits per heavy atom. The highest BCUT2D eigenvalue weighted by Gasteiger charge is 2.42. The third-order valence-corrected chi connectivity index (χ3v) is 7.18. The van der Waals surface area contributed by atoms with Gasteiger partial charge >= 0.3 is 6.03 Å². The molecule has 0 spiro atoms. The SMILES string of the molecule is CCCCCCCCCCCCNC(=O)C1CCCN1C(=O)C1CCCN1C(=O)n1ccnc1.